The number of ether oxygens (including phenoxy) is 1. The average Bonchev–Trinajstić information content (AvgIpc) is 2.52. The number of hydrogen-bond donors (Lipinski definition) is 2. The number of amides is 2. The van der Waals surface area contributed by atoms with Crippen molar-refractivity contribution >= 4 is 29.4 Å². The van der Waals surface area contributed by atoms with E-state index in [0.29, 0.717) is 11.6 Å². The lowest BCUT2D eigenvalue weighted by Crippen LogP contribution is -2.47. The number of carbonyl (C=O) groups is 3. The van der Waals surface area contributed by atoms with Crippen LogP contribution in [-0.2, 0) is 14.3 Å². The standard InChI is InChI=1S/C17H23ClN2O4/c1-5-19-15(21)11(4)24-17(23)14(10(2)3)20-16(22)12-8-6-7-9-13(12)18/h6-11,14H,5H2,1-4H3,(H,19,21)(H,20,22)/t11-,14-/m0/s1. The number of halogens is 1. The molecule has 132 valence electrons. The highest BCUT2D eigenvalue weighted by Crippen LogP contribution is 2.16. The van der Waals surface area contributed by atoms with E-state index in [4.69, 9.17) is 16.3 Å². The molecule has 24 heavy (non-hydrogen) atoms. The van der Waals surface area contributed by atoms with Gasteiger partial charge in [-0.1, -0.05) is 37.6 Å². The molecule has 0 saturated heterocycles. The summed E-state index contributed by atoms with van der Waals surface area (Å²) in [5.41, 5.74) is 0.273. The maximum atomic E-state index is 12.3. The molecule has 1 rings (SSSR count). The predicted molar refractivity (Wildman–Crippen MR) is 91.8 cm³/mol. The van der Waals surface area contributed by atoms with Crippen LogP contribution < -0.4 is 10.6 Å². The van der Waals surface area contributed by atoms with Gasteiger partial charge in [0.1, 0.15) is 6.04 Å². The van der Waals surface area contributed by atoms with Crippen LogP contribution in [0.5, 0.6) is 0 Å². The van der Waals surface area contributed by atoms with E-state index in [0.717, 1.165) is 0 Å². The van der Waals surface area contributed by atoms with Crippen molar-refractivity contribution in [1.82, 2.24) is 10.6 Å². The second-order valence-corrected chi connectivity index (χ2v) is 6.06. The number of esters is 1. The Hall–Kier alpha value is -2.08. The van der Waals surface area contributed by atoms with Gasteiger partial charge in [-0.3, -0.25) is 9.59 Å². The van der Waals surface area contributed by atoms with Gasteiger partial charge in [-0.05, 0) is 31.9 Å². The zero-order valence-corrected chi connectivity index (χ0v) is 15.0. The van der Waals surface area contributed by atoms with Crippen LogP contribution in [0.2, 0.25) is 5.02 Å². The van der Waals surface area contributed by atoms with Crippen LogP contribution in [0, 0.1) is 5.92 Å². The fourth-order valence-electron chi connectivity index (χ4n) is 1.98. The lowest BCUT2D eigenvalue weighted by atomic mass is 10.0. The lowest BCUT2D eigenvalue weighted by Gasteiger charge is -2.23. The summed E-state index contributed by atoms with van der Waals surface area (Å²) in [6, 6.07) is 5.67. The normalized spacial score (nSPS) is 13.1. The smallest absolute Gasteiger partial charge is 0.329 e. The van der Waals surface area contributed by atoms with Gasteiger partial charge in [0.15, 0.2) is 6.10 Å². The predicted octanol–water partition coefficient (Wildman–Crippen LogP) is 2.16. The van der Waals surface area contributed by atoms with Crippen LogP contribution in [0.1, 0.15) is 38.1 Å². The van der Waals surface area contributed by atoms with Crippen LogP contribution in [0.25, 0.3) is 0 Å². The molecule has 0 spiro atoms. The topological polar surface area (TPSA) is 84.5 Å². The Balaban J connectivity index is 2.80. The van der Waals surface area contributed by atoms with Gasteiger partial charge in [0.05, 0.1) is 10.6 Å². The maximum Gasteiger partial charge on any atom is 0.329 e. The van der Waals surface area contributed by atoms with Crippen molar-refractivity contribution in [2.75, 3.05) is 6.54 Å². The summed E-state index contributed by atoms with van der Waals surface area (Å²) >= 11 is 5.99. The summed E-state index contributed by atoms with van der Waals surface area (Å²) in [4.78, 5) is 36.3. The molecule has 1 aromatic rings. The van der Waals surface area contributed by atoms with Gasteiger partial charge >= 0.3 is 5.97 Å². The molecule has 2 amide bonds. The van der Waals surface area contributed by atoms with Crippen LogP contribution in [-0.4, -0.2) is 36.5 Å². The number of benzene rings is 1. The molecule has 0 aliphatic carbocycles. The van der Waals surface area contributed by atoms with Crippen LogP contribution in [0.4, 0.5) is 0 Å². The van der Waals surface area contributed by atoms with Crippen molar-refractivity contribution in [3.05, 3.63) is 34.9 Å². The van der Waals surface area contributed by atoms with E-state index in [1.807, 2.05) is 0 Å². The first-order valence-electron chi connectivity index (χ1n) is 7.81. The summed E-state index contributed by atoms with van der Waals surface area (Å²) in [6.07, 6.45) is -0.934. The summed E-state index contributed by atoms with van der Waals surface area (Å²) in [5, 5.41) is 5.49. The SMILES string of the molecule is CCNC(=O)[C@H](C)OC(=O)[C@@H](NC(=O)c1ccccc1Cl)C(C)C. The monoisotopic (exact) mass is 354 g/mol. The van der Waals surface area contributed by atoms with Crippen molar-refractivity contribution < 1.29 is 19.1 Å². The third-order valence-corrected chi connectivity index (χ3v) is 3.67. The number of hydrogen-bond acceptors (Lipinski definition) is 4. The first-order valence-corrected chi connectivity index (χ1v) is 8.19. The zero-order chi connectivity index (χ0) is 18.3. The van der Waals surface area contributed by atoms with Crippen LogP contribution in [0.15, 0.2) is 24.3 Å². The average molecular weight is 355 g/mol. The second-order valence-electron chi connectivity index (χ2n) is 5.65. The lowest BCUT2D eigenvalue weighted by molar-refractivity contribution is -0.157. The third-order valence-electron chi connectivity index (χ3n) is 3.34. The van der Waals surface area contributed by atoms with Crippen molar-refractivity contribution in [3.63, 3.8) is 0 Å². The van der Waals surface area contributed by atoms with E-state index >= 15 is 0 Å². The summed E-state index contributed by atoms with van der Waals surface area (Å²) in [7, 11) is 0. The maximum absolute atomic E-state index is 12.3. The van der Waals surface area contributed by atoms with Crippen molar-refractivity contribution in [3.8, 4) is 0 Å². The molecule has 0 unspecified atom stereocenters. The molecular weight excluding hydrogens is 332 g/mol. The zero-order valence-electron chi connectivity index (χ0n) is 14.3. The van der Waals surface area contributed by atoms with Gasteiger partial charge in [-0.25, -0.2) is 4.79 Å². The van der Waals surface area contributed by atoms with Gasteiger partial charge < -0.3 is 15.4 Å². The Labute approximate surface area is 146 Å². The van der Waals surface area contributed by atoms with Crippen LogP contribution >= 0.6 is 11.6 Å². The Morgan fingerprint density at radius 3 is 2.33 bits per heavy atom. The van der Waals surface area contributed by atoms with E-state index < -0.39 is 24.0 Å². The molecule has 6 nitrogen and oxygen atoms in total. The van der Waals surface area contributed by atoms with Crippen LogP contribution in [0.3, 0.4) is 0 Å². The molecule has 0 heterocycles. The highest BCUT2D eigenvalue weighted by Gasteiger charge is 2.29. The van der Waals surface area contributed by atoms with Crippen molar-refractivity contribution in [2.45, 2.75) is 39.8 Å². The molecule has 0 saturated carbocycles. The first-order chi connectivity index (χ1) is 11.3. The van der Waals surface area contributed by atoms with Gasteiger partial charge in [-0.15, -0.1) is 0 Å². The second kappa shape index (κ2) is 9.27. The Bertz CT molecular complexity index is 604. The molecule has 0 fully saturated rings. The van der Waals surface area contributed by atoms with E-state index in [-0.39, 0.29) is 17.4 Å². The number of rotatable bonds is 7. The van der Waals surface area contributed by atoms with E-state index in [9.17, 15) is 14.4 Å². The fraction of sp³-hybridized carbons (Fsp3) is 0.471. The van der Waals surface area contributed by atoms with E-state index in [1.54, 1.807) is 45.0 Å². The minimum absolute atomic E-state index is 0.217. The molecule has 7 heteroatoms. The Morgan fingerprint density at radius 1 is 1.17 bits per heavy atom. The summed E-state index contributed by atoms with van der Waals surface area (Å²) in [5.74, 6) is -1.73. The molecule has 0 aromatic heterocycles. The number of carbonyl (C=O) groups excluding carboxylic acids is 3. The fourth-order valence-corrected chi connectivity index (χ4v) is 2.20. The van der Waals surface area contributed by atoms with E-state index in [2.05, 4.69) is 10.6 Å². The van der Waals surface area contributed by atoms with Crippen molar-refractivity contribution in [1.29, 1.82) is 0 Å². The first kappa shape index (κ1) is 20.0. The van der Waals surface area contributed by atoms with Gasteiger partial charge in [0.2, 0.25) is 0 Å². The molecule has 0 aliphatic heterocycles. The largest absolute Gasteiger partial charge is 0.451 e. The molecule has 1 aromatic carbocycles. The van der Waals surface area contributed by atoms with E-state index in [1.165, 1.54) is 6.92 Å². The number of likely N-dealkylation sites (N-methyl/N-ethyl adjacent to an activating group) is 1. The molecule has 0 radical (unpaired) electrons. The van der Waals surface area contributed by atoms with Crippen molar-refractivity contribution in [2.24, 2.45) is 5.92 Å². The van der Waals surface area contributed by atoms with Gasteiger partial charge in [0, 0.05) is 6.54 Å². The third kappa shape index (κ3) is 5.53. The molecular formula is C17H23ClN2O4. The quantitative estimate of drug-likeness (QED) is 0.735. The van der Waals surface area contributed by atoms with Gasteiger partial charge in [-0.2, -0.15) is 0 Å². The highest BCUT2D eigenvalue weighted by molar-refractivity contribution is 6.33. The molecule has 0 bridgehead atoms. The minimum Gasteiger partial charge on any atom is -0.451 e. The molecule has 2 N–H and O–H groups in total. The summed E-state index contributed by atoms with van der Waals surface area (Å²) in [6.45, 7) is 7.24. The summed E-state index contributed by atoms with van der Waals surface area (Å²) < 4.78 is 5.16. The highest BCUT2D eigenvalue weighted by atomic mass is 35.5. The van der Waals surface area contributed by atoms with Gasteiger partial charge in [0.25, 0.3) is 11.8 Å². The molecule has 0 aliphatic rings. The minimum atomic E-state index is -0.934. The Morgan fingerprint density at radius 2 is 1.79 bits per heavy atom. The number of nitrogens with one attached hydrogen (secondary N) is 2. The molecule has 2 atom stereocenters. The Kier molecular flexibility index (Phi) is 7.71.